The fourth-order valence-electron chi connectivity index (χ4n) is 1.52. The van der Waals surface area contributed by atoms with Crippen LogP contribution in [0.4, 0.5) is 18.6 Å². The van der Waals surface area contributed by atoms with Crippen molar-refractivity contribution >= 4 is 12.7 Å². The van der Waals surface area contributed by atoms with Gasteiger partial charge in [-0.25, -0.2) is 0 Å². The van der Waals surface area contributed by atoms with Gasteiger partial charge in [0.1, 0.15) is 0 Å². The fourth-order valence-corrected chi connectivity index (χ4v) is 1.52. The molecule has 0 bridgehead atoms. The largest absolute Gasteiger partial charge is 1.00 e. The van der Waals surface area contributed by atoms with Crippen LogP contribution in [0, 0.1) is 0 Å². The van der Waals surface area contributed by atoms with Crippen molar-refractivity contribution in [2.45, 2.75) is 5.82 Å². The van der Waals surface area contributed by atoms with Crippen molar-refractivity contribution in [3.05, 3.63) is 24.5 Å². The van der Waals surface area contributed by atoms with Crippen LogP contribution in [0.3, 0.4) is 0 Å². The van der Waals surface area contributed by atoms with Crippen molar-refractivity contribution in [1.82, 2.24) is 4.98 Å². The van der Waals surface area contributed by atoms with E-state index in [1.807, 2.05) is 0 Å². The van der Waals surface area contributed by atoms with Crippen LogP contribution in [0.5, 0.6) is 0 Å². The van der Waals surface area contributed by atoms with Crippen LogP contribution in [0.1, 0.15) is 0 Å². The van der Waals surface area contributed by atoms with Gasteiger partial charge in [-0.1, -0.05) is 0 Å². The molecule has 2 nitrogen and oxygen atoms in total. The summed E-state index contributed by atoms with van der Waals surface area (Å²) in [5.41, 5.74) is 0.816. The summed E-state index contributed by atoms with van der Waals surface area (Å²) >= 11 is 0. The number of nitrogens with zero attached hydrogens (tertiary/aromatic N) is 2. The topological polar surface area (TPSA) is 16.1 Å². The molecule has 7 heteroatoms. The molecular formula is C8H9BF3KN2. The third kappa shape index (κ3) is 3.20. The zero-order chi connectivity index (χ0) is 10.2. The standard InChI is InChI=1S/C8H9BF3N2.K/c10-9(11,12)7-5-14(6-7)8-1-3-13-4-2-8;/h1-4,7H,5-6H2;/q-1;+1. The van der Waals surface area contributed by atoms with Crippen molar-refractivity contribution in [2.24, 2.45) is 0 Å². The predicted molar refractivity (Wildman–Crippen MR) is 49.3 cm³/mol. The van der Waals surface area contributed by atoms with Crippen LogP contribution in [-0.2, 0) is 0 Å². The summed E-state index contributed by atoms with van der Waals surface area (Å²) in [5, 5.41) is 0. The number of pyridine rings is 1. The molecule has 0 atom stereocenters. The molecule has 0 N–H and O–H groups in total. The van der Waals surface area contributed by atoms with E-state index in [0.29, 0.717) is 0 Å². The van der Waals surface area contributed by atoms with Gasteiger partial charge in [-0.15, -0.1) is 0 Å². The van der Waals surface area contributed by atoms with Gasteiger partial charge < -0.3 is 17.8 Å². The molecule has 1 saturated heterocycles. The molecule has 0 saturated carbocycles. The molecule has 0 spiro atoms. The molecule has 0 aliphatic carbocycles. The molecule has 76 valence electrons. The Balaban J connectivity index is 0.00000112. The van der Waals surface area contributed by atoms with Crippen molar-refractivity contribution in [2.75, 3.05) is 18.0 Å². The van der Waals surface area contributed by atoms with E-state index < -0.39 is 12.8 Å². The first kappa shape index (κ1) is 13.5. The Labute approximate surface area is 129 Å². The van der Waals surface area contributed by atoms with Crippen molar-refractivity contribution < 1.29 is 64.3 Å². The van der Waals surface area contributed by atoms with Gasteiger partial charge in [0.05, 0.1) is 0 Å². The molecule has 1 aromatic rings. The summed E-state index contributed by atoms with van der Waals surface area (Å²) in [6.07, 6.45) is 3.17. The van der Waals surface area contributed by atoms with Gasteiger partial charge in [0.15, 0.2) is 0 Å². The number of aromatic nitrogens is 1. The molecular weight excluding hydrogens is 231 g/mol. The molecule has 1 aliphatic rings. The van der Waals surface area contributed by atoms with E-state index in [4.69, 9.17) is 0 Å². The van der Waals surface area contributed by atoms with Crippen LogP contribution in [0.2, 0.25) is 5.82 Å². The number of rotatable bonds is 2. The van der Waals surface area contributed by atoms with Gasteiger partial charge in [-0.3, -0.25) is 4.98 Å². The molecule has 0 amide bonds. The maximum atomic E-state index is 12.2. The third-order valence-electron chi connectivity index (χ3n) is 2.47. The van der Waals surface area contributed by atoms with Gasteiger partial charge in [-0.05, 0) is 31.0 Å². The Hall–Kier alpha value is 0.441. The molecule has 2 rings (SSSR count). The molecule has 1 aromatic heterocycles. The van der Waals surface area contributed by atoms with E-state index in [1.54, 1.807) is 29.4 Å². The first-order valence-electron chi connectivity index (χ1n) is 4.42. The van der Waals surface area contributed by atoms with E-state index in [9.17, 15) is 12.9 Å². The fraction of sp³-hybridized carbons (Fsp3) is 0.375. The smallest absolute Gasteiger partial charge is 0.449 e. The van der Waals surface area contributed by atoms with Crippen LogP contribution >= 0.6 is 0 Å². The van der Waals surface area contributed by atoms with Gasteiger partial charge in [0.2, 0.25) is 0 Å². The second-order valence-electron chi connectivity index (χ2n) is 3.50. The molecule has 1 fully saturated rings. The monoisotopic (exact) mass is 240 g/mol. The Kier molecular flexibility index (Phi) is 4.66. The van der Waals surface area contributed by atoms with E-state index >= 15 is 0 Å². The average Bonchev–Trinajstić information content (AvgIpc) is 2.00. The van der Waals surface area contributed by atoms with Crippen LogP contribution in [-0.4, -0.2) is 25.1 Å². The van der Waals surface area contributed by atoms with Crippen LogP contribution in [0.15, 0.2) is 24.5 Å². The maximum absolute atomic E-state index is 12.2. The van der Waals surface area contributed by atoms with Crippen molar-refractivity contribution in [3.63, 3.8) is 0 Å². The number of hydrogen-bond donors (Lipinski definition) is 0. The molecule has 1 aliphatic heterocycles. The zero-order valence-electron chi connectivity index (χ0n) is 8.41. The quantitative estimate of drug-likeness (QED) is 0.624. The van der Waals surface area contributed by atoms with Crippen molar-refractivity contribution in [1.29, 1.82) is 0 Å². The summed E-state index contributed by atoms with van der Waals surface area (Å²) in [6.45, 7) is -4.48. The summed E-state index contributed by atoms with van der Waals surface area (Å²) < 4.78 is 36.6. The first-order chi connectivity index (χ1) is 6.57. The number of anilines is 1. The summed E-state index contributed by atoms with van der Waals surface area (Å²) in [5.74, 6) is -1.11. The molecule has 15 heavy (non-hydrogen) atoms. The second kappa shape index (κ2) is 5.18. The molecule has 0 radical (unpaired) electrons. The van der Waals surface area contributed by atoms with E-state index in [2.05, 4.69) is 4.98 Å². The van der Waals surface area contributed by atoms with Gasteiger partial charge in [0.25, 0.3) is 0 Å². The normalized spacial score (nSPS) is 16.9. The Morgan fingerprint density at radius 1 is 1.20 bits per heavy atom. The first-order valence-corrected chi connectivity index (χ1v) is 4.42. The Morgan fingerprint density at radius 2 is 1.73 bits per heavy atom. The minimum atomic E-state index is -4.66. The predicted octanol–water partition coefficient (Wildman–Crippen LogP) is -0.877. The van der Waals surface area contributed by atoms with Gasteiger partial charge in [-0.2, -0.15) is 0 Å². The van der Waals surface area contributed by atoms with Crippen molar-refractivity contribution in [3.8, 4) is 0 Å². The SMILES string of the molecule is F[B-](F)(F)C1CN(c2ccncc2)C1.[K+]. The number of halogens is 3. The summed E-state index contributed by atoms with van der Waals surface area (Å²) in [4.78, 5) is 5.52. The Bertz CT molecular complexity index is 313. The third-order valence-corrected chi connectivity index (χ3v) is 2.47. The maximum Gasteiger partial charge on any atom is 1.00 e. The molecule has 0 aromatic carbocycles. The average molecular weight is 240 g/mol. The minimum absolute atomic E-state index is 0. The zero-order valence-corrected chi connectivity index (χ0v) is 11.5. The summed E-state index contributed by atoms with van der Waals surface area (Å²) in [6, 6.07) is 3.44. The van der Waals surface area contributed by atoms with E-state index in [-0.39, 0.29) is 64.5 Å². The van der Waals surface area contributed by atoms with Gasteiger partial charge >= 0.3 is 58.4 Å². The molecule has 0 unspecified atom stereocenters. The van der Waals surface area contributed by atoms with E-state index in [1.165, 1.54) is 0 Å². The minimum Gasteiger partial charge on any atom is -0.449 e. The Morgan fingerprint density at radius 3 is 2.20 bits per heavy atom. The number of hydrogen-bond acceptors (Lipinski definition) is 2. The molecule has 2 heterocycles. The van der Waals surface area contributed by atoms with Crippen LogP contribution in [0.25, 0.3) is 0 Å². The van der Waals surface area contributed by atoms with Crippen LogP contribution < -0.4 is 56.3 Å². The summed E-state index contributed by atoms with van der Waals surface area (Å²) in [7, 11) is 0. The second-order valence-corrected chi connectivity index (χ2v) is 3.50. The van der Waals surface area contributed by atoms with Gasteiger partial charge in [0, 0.05) is 18.1 Å². The van der Waals surface area contributed by atoms with E-state index in [0.717, 1.165) is 5.69 Å².